The third kappa shape index (κ3) is 5.58. The summed E-state index contributed by atoms with van der Waals surface area (Å²) in [6, 6.07) is 5.83. The van der Waals surface area contributed by atoms with Gasteiger partial charge in [-0.25, -0.2) is 0 Å². The van der Waals surface area contributed by atoms with E-state index in [0.29, 0.717) is 6.61 Å². The molecule has 0 radical (unpaired) electrons. The van der Waals surface area contributed by atoms with Crippen LogP contribution < -0.4 is 0 Å². The number of piperidine rings is 1. The van der Waals surface area contributed by atoms with Gasteiger partial charge < -0.3 is 9.84 Å². The number of benzene rings is 1. The number of hydrogen-bond donors (Lipinski definition) is 1. The number of aliphatic carboxylic acids is 1. The predicted molar refractivity (Wildman–Crippen MR) is 85.7 cm³/mol. The third-order valence-electron chi connectivity index (χ3n) is 3.61. The van der Waals surface area contributed by atoms with Crippen LogP contribution in [0, 0.1) is 0 Å². The third-order valence-corrected chi connectivity index (χ3v) is 4.61. The molecule has 0 spiro atoms. The average Bonchev–Trinajstić information content (AvgIpc) is 2.44. The van der Waals surface area contributed by atoms with Crippen molar-refractivity contribution in [2.45, 2.75) is 31.9 Å². The Morgan fingerprint density at radius 3 is 2.81 bits per heavy atom. The maximum absolute atomic E-state index is 10.5. The summed E-state index contributed by atoms with van der Waals surface area (Å²) in [5.74, 6) is -0.807. The maximum Gasteiger partial charge on any atom is 0.305 e. The van der Waals surface area contributed by atoms with Crippen LogP contribution in [-0.4, -0.2) is 41.8 Å². The normalized spacial score (nSPS) is 17.0. The summed E-state index contributed by atoms with van der Waals surface area (Å²) >= 11 is 9.58. The van der Waals surface area contributed by atoms with Gasteiger partial charge in [0.05, 0.1) is 19.1 Å². The zero-order valence-corrected chi connectivity index (χ0v) is 14.1. The molecular weight excluding hydrogens is 358 g/mol. The molecule has 1 heterocycles. The summed E-state index contributed by atoms with van der Waals surface area (Å²) in [5.41, 5.74) is 1.19. The van der Waals surface area contributed by atoms with E-state index in [-0.39, 0.29) is 12.5 Å². The fraction of sp³-hybridized carbons (Fsp3) is 0.533. The van der Waals surface area contributed by atoms with Gasteiger partial charge in [-0.2, -0.15) is 0 Å². The Labute approximate surface area is 138 Å². The highest BCUT2D eigenvalue weighted by Crippen LogP contribution is 2.24. The molecule has 0 unspecified atom stereocenters. The molecule has 1 fully saturated rings. The molecule has 1 aliphatic heterocycles. The van der Waals surface area contributed by atoms with Crippen molar-refractivity contribution in [3.8, 4) is 0 Å². The van der Waals surface area contributed by atoms with Crippen molar-refractivity contribution in [2.75, 3.05) is 19.7 Å². The zero-order chi connectivity index (χ0) is 15.2. The lowest BCUT2D eigenvalue weighted by Gasteiger charge is -2.32. The molecule has 1 aromatic carbocycles. The highest BCUT2D eigenvalue weighted by Gasteiger charge is 2.20. The van der Waals surface area contributed by atoms with E-state index in [9.17, 15) is 4.79 Å². The van der Waals surface area contributed by atoms with Crippen LogP contribution in [0.1, 0.15) is 24.8 Å². The molecule has 0 bridgehead atoms. The molecule has 2 rings (SSSR count). The first-order valence-corrected chi connectivity index (χ1v) is 8.21. The summed E-state index contributed by atoms with van der Waals surface area (Å²) in [4.78, 5) is 12.8. The Bertz CT molecular complexity index is 490. The second-order valence-corrected chi connectivity index (χ2v) is 6.52. The molecule has 0 saturated carbocycles. The number of likely N-dealkylation sites (tertiary alicyclic amines) is 1. The molecule has 1 N–H and O–H groups in total. The van der Waals surface area contributed by atoms with Crippen LogP contribution in [0.2, 0.25) is 5.02 Å². The van der Waals surface area contributed by atoms with Gasteiger partial charge in [0.15, 0.2) is 0 Å². The van der Waals surface area contributed by atoms with E-state index in [1.807, 2.05) is 18.2 Å². The van der Waals surface area contributed by atoms with Crippen LogP contribution >= 0.6 is 27.5 Å². The van der Waals surface area contributed by atoms with Crippen LogP contribution in [-0.2, 0) is 16.1 Å². The largest absolute Gasteiger partial charge is 0.481 e. The summed E-state index contributed by atoms with van der Waals surface area (Å²) in [5, 5.41) is 9.34. The first kappa shape index (κ1) is 16.7. The lowest BCUT2D eigenvalue weighted by molar-refractivity contribution is -0.138. The van der Waals surface area contributed by atoms with Gasteiger partial charge in [0.25, 0.3) is 0 Å². The molecule has 1 aliphatic rings. The lowest BCUT2D eigenvalue weighted by atomic mass is 10.1. The predicted octanol–water partition coefficient (Wildman–Crippen LogP) is 3.56. The maximum atomic E-state index is 10.5. The van der Waals surface area contributed by atoms with Crippen molar-refractivity contribution in [3.05, 3.63) is 33.3 Å². The monoisotopic (exact) mass is 375 g/mol. The van der Waals surface area contributed by atoms with E-state index in [1.54, 1.807) is 0 Å². The lowest BCUT2D eigenvalue weighted by Crippen LogP contribution is -2.36. The Kier molecular flexibility index (Phi) is 6.48. The van der Waals surface area contributed by atoms with Crippen molar-refractivity contribution in [2.24, 2.45) is 0 Å². The van der Waals surface area contributed by atoms with Gasteiger partial charge in [-0.15, -0.1) is 0 Å². The summed E-state index contributed by atoms with van der Waals surface area (Å²) in [7, 11) is 0. The summed E-state index contributed by atoms with van der Waals surface area (Å²) in [6.45, 7) is 3.08. The van der Waals surface area contributed by atoms with Crippen molar-refractivity contribution in [1.29, 1.82) is 0 Å². The minimum absolute atomic E-state index is 0.0790. The van der Waals surface area contributed by atoms with Crippen LogP contribution in [0.5, 0.6) is 0 Å². The standard InChI is InChI=1S/C15H19BrClNO3/c16-14-2-1-12(17)9-11(14)10-18-6-3-13(4-7-18)21-8-5-15(19)20/h1-2,9,13H,3-8,10H2,(H,19,20). The van der Waals surface area contributed by atoms with Gasteiger partial charge >= 0.3 is 5.97 Å². The van der Waals surface area contributed by atoms with Gasteiger partial charge in [-0.1, -0.05) is 27.5 Å². The number of carboxylic acids is 1. The van der Waals surface area contributed by atoms with Crippen LogP contribution in [0.3, 0.4) is 0 Å². The van der Waals surface area contributed by atoms with Crippen molar-refractivity contribution in [3.63, 3.8) is 0 Å². The van der Waals surface area contributed by atoms with E-state index >= 15 is 0 Å². The number of ether oxygens (including phenoxy) is 1. The minimum atomic E-state index is -0.807. The Hall–Kier alpha value is -0.620. The molecule has 1 saturated heterocycles. The molecule has 4 nitrogen and oxygen atoms in total. The van der Waals surface area contributed by atoms with Crippen LogP contribution in [0.4, 0.5) is 0 Å². The second kappa shape index (κ2) is 8.13. The molecule has 21 heavy (non-hydrogen) atoms. The fourth-order valence-electron chi connectivity index (χ4n) is 2.45. The van der Waals surface area contributed by atoms with Crippen molar-refractivity contribution in [1.82, 2.24) is 4.90 Å². The SMILES string of the molecule is O=C(O)CCOC1CCN(Cc2cc(Cl)ccc2Br)CC1. The topological polar surface area (TPSA) is 49.8 Å². The highest BCUT2D eigenvalue weighted by molar-refractivity contribution is 9.10. The quantitative estimate of drug-likeness (QED) is 0.825. The molecular formula is C15H19BrClNO3. The Morgan fingerprint density at radius 1 is 1.43 bits per heavy atom. The van der Waals surface area contributed by atoms with E-state index in [0.717, 1.165) is 42.0 Å². The number of rotatable bonds is 6. The van der Waals surface area contributed by atoms with E-state index in [2.05, 4.69) is 20.8 Å². The molecule has 0 aliphatic carbocycles. The molecule has 116 valence electrons. The molecule has 0 aromatic heterocycles. The number of nitrogens with zero attached hydrogens (tertiary/aromatic N) is 1. The molecule has 6 heteroatoms. The summed E-state index contributed by atoms with van der Waals surface area (Å²) in [6.07, 6.45) is 2.15. The zero-order valence-electron chi connectivity index (χ0n) is 11.7. The van der Waals surface area contributed by atoms with Gasteiger partial charge in [0.1, 0.15) is 0 Å². The van der Waals surface area contributed by atoms with Gasteiger partial charge in [0.2, 0.25) is 0 Å². The highest BCUT2D eigenvalue weighted by atomic mass is 79.9. The average molecular weight is 377 g/mol. The fourth-order valence-corrected chi connectivity index (χ4v) is 3.02. The van der Waals surface area contributed by atoms with Crippen molar-refractivity contribution < 1.29 is 14.6 Å². The second-order valence-electron chi connectivity index (χ2n) is 5.23. The number of hydrogen-bond acceptors (Lipinski definition) is 3. The summed E-state index contributed by atoms with van der Waals surface area (Å²) < 4.78 is 6.67. The van der Waals surface area contributed by atoms with Crippen molar-refractivity contribution >= 4 is 33.5 Å². The smallest absolute Gasteiger partial charge is 0.305 e. The molecule has 0 amide bonds. The van der Waals surface area contributed by atoms with Crippen LogP contribution in [0.25, 0.3) is 0 Å². The number of carbonyl (C=O) groups is 1. The first-order valence-electron chi connectivity index (χ1n) is 7.04. The number of halogens is 2. The van der Waals surface area contributed by atoms with Gasteiger partial charge in [-0.05, 0) is 36.6 Å². The molecule has 0 atom stereocenters. The Morgan fingerprint density at radius 2 is 2.14 bits per heavy atom. The van der Waals surface area contributed by atoms with Crippen LogP contribution in [0.15, 0.2) is 22.7 Å². The number of carboxylic acid groups (broad SMARTS) is 1. The molecule has 1 aromatic rings. The van der Waals surface area contributed by atoms with E-state index < -0.39 is 5.97 Å². The van der Waals surface area contributed by atoms with Gasteiger partial charge in [0, 0.05) is 29.1 Å². The Balaban J connectivity index is 1.76. The van der Waals surface area contributed by atoms with E-state index in [4.69, 9.17) is 21.4 Å². The first-order chi connectivity index (χ1) is 10.0. The minimum Gasteiger partial charge on any atom is -0.481 e. The van der Waals surface area contributed by atoms with Gasteiger partial charge in [-0.3, -0.25) is 9.69 Å². The van der Waals surface area contributed by atoms with E-state index in [1.165, 1.54) is 5.56 Å².